The molecule has 0 aromatic carbocycles. The predicted octanol–water partition coefficient (Wildman–Crippen LogP) is 19.1. The Kier molecular flexibility index (Phi) is 26.5. The molecule has 0 heterocycles. The van der Waals surface area contributed by atoms with Crippen molar-refractivity contribution in [2.24, 2.45) is 166 Å². The van der Waals surface area contributed by atoms with Crippen LogP contribution in [0.5, 0.6) is 0 Å². The van der Waals surface area contributed by atoms with Crippen LogP contribution in [0.2, 0.25) is 0 Å². The van der Waals surface area contributed by atoms with Crippen molar-refractivity contribution in [3.8, 4) is 0 Å². The largest absolute Gasteiger partial charge is 0.459 e. The molecule has 25 aliphatic rings. The molecule has 25 fully saturated rings. The molecule has 0 saturated heterocycles. The number of hydrogen-bond donors (Lipinski definition) is 3. The summed E-state index contributed by atoms with van der Waals surface area (Å²) in [6, 6.07) is 2.40. The van der Waals surface area contributed by atoms with E-state index in [9.17, 15) is 33.6 Å². The Hall–Kier alpha value is -5.53. The van der Waals surface area contributed by atoms with E-state index in [1.807, 2.05) is 18.9 Å². The number of likely N-dealkylation sites (N-methyl/N-ethyl adjacent to an activating group) is 2. The summed E-state index contributed by atoms with van der Waals surface area (Å²) in [5.74, 6) is 24.2. The van der Waals surface area contributed by atoms with Gasteiger partial charge in [0.1, 0.15) is 12.2 Å². The summed E-state index contributed by atoms with van der Waals surface area (Å²) in [6.07, 6.45) is 58.0. The van der Waals surface area contributed by atoms with Crippen LogP contribution in [-0.2, 0) is 43.0 Å². The molecular formula is C100H149N5O9. The molecule has 5 amide bonds. The standard InChI is InChI=1S/C16H25NO.C15H22O2.3C14H21NO.C14H20O2.C13H19NO/c1-4-17(16(18)10(2)3)15-13-6-11-5-12(8-13)9-14(15)7-11;1-9(2)15(16)17-14-8-10-7-13(14)12-6-4-3-5-11(10)12;1-8(2)14(16)15-13-11-4-9-3-10(6-11)7-12(13)5-9;1-3-13(16)15(2)14-11-5-9-4-10(7-11)8-12(14)6-9;1-2-14(16)15-13-8-9-7-12(13)11-6-4-3-5-10(9)11;1-2-14(15)16-13-8-9-7-12(13)11-6-4-3-5-10(9)11;1-2-12(15)14-13-10-4-8-3-9(6-10)7-11(13)5-8/h11-15H,2,4-9H2,1,3H3;10-14H,1,3-8H2,2H3;9-13H,1,3-7H2,2H3,(H,15,16);3,9-12,14H,1,4-8H2,2H3;2,9-13H,1,3-8H2,(H,15,16);2,9-13H,1,3-8H2;2,8-11,13H,1,3-7H2,(H,14,15). The second kappa shape index (κ2) is 36.2. The summed E-state index contributed by atoms with van der Waals surface area (Å²) >= 11 is 0. The zero-order valence-corrected chi connectivity index (χ0v) is 71.1. The highest BCUT2D eigenvalue weighted by molar-refractivity contribution is 5.93. The van der Waals surface area contributed by atoms with Crippen molar-refractivity contribution in [2.75, 3.05) is 13.6 Å². The maximum Gasteiger partial charge on any atom is 0.333 e. The summed E-state index contributed by atoms with van der Waals surface area (Å²) in [5, 5.41) is 9.51. The summed E-state index contributed by atoms with van der Waals surface area (Å²) in [6.45, 7) is 33.7. The van der Waals surface area contributed by atoms with Crippen LogP contribution in [0.3, 0.4) is 0 Å². The number of carbonyl (C=O) groups is 7. The van der Waals surface area contributed by atoms with E-state index in [0.29, 0.717) is 58.8 Å². The summed E-state index contributed by atoms with van der Waals surface area (Å²) in [5.41, 5.74) is 1.88. The van der Waals surface area contributed by atoms with Crippen LogP contribution in [0.1, 0.15) is 272 Å². The Morgan fingerprint density at radius 3 is 1.07 bits per heavy atom. The first kappa shape index (κ1) is 83.5. The van der Waals surface area contributed by atoms with Crippen molar-refractivity contribution in [1.29, 1.82) is 0 Å². The summed E-state index contributed by atoms with van der Waals surface area (Å²) < 4.78 is 11.1. The molecule has 628 valence electrons. The number of fused-ring (bicyclic) bond motifs is 15. The van der Waals surface area contributed by atoms with Gasteiger partial charge in [-0.2, -0.15) is 0 Å². The van der Waals surface area contributed by atoms with Crippen molar-refractivity contribution in [1.82, 2.24) is 25.8 Å². The number of rotatable bonds is 15. The highest BCUT2D eigenvalue weighted by atomic mass is 16.5. The minimum Gasteiger partial charge on any atom is -0.459 e. The molecule has 0 radical (unpaired) electrons. The van der Waals surface area contributed by atoms with Gasteiger partial charge in [0.15, 0.2) is 0 Å². The van der Waals surface area contributed by atoms with E-state index in [1.54, 1.807) is 13.8 Å². The molecule has 15 unspecified atom stereocenters. The fourth-order valence-electron chi connectivity index (χ4n) is 32.5. The Morgan fingerprint density at radius 1 is 0.351 bits per heavy atom. The van der Waals surface area contributed by atoms with E-state index in [-0.39, 0.29) is 53.7 Å². The molecule has 15 atom stereocenters. The molecular weight excluding hydrogens is 1420 g/mol. The molecule has 25 saturated carbocycles. The van der Waals surface area contributed by atoms with E-state index in [4.69, 9.17) is 9.47 Å². The lowest BCUT2D eigenvalue weighted by Crippen LogP contribution is -2.57. The predicted molar refractivity (Wildman–Crippen MR) is 452 cm³/mol. The third-order valence-electron chi connectivity index (χ3n) is 35.8. The first-order valence-electron chi connectivity index (χ1n) is 47.3. The maximum atomic E-state index is 12.3. The number of nitrogens with one attached hydrogen (secondary N) is 3. The van der Waals surface area contributed by atoms with Gasteiger partial charge in [0, 0.05) is 66.6 Å². The first-order chi connectivity index (χ1) is 54.9. The third-order valence-corrected chi connectivity index (χ3v) is 35.8. The average Bonchev–Trinajstić information content (AvgIpc) is 1.46. The third kappa shape index (κ3) is 17.9. The number of carbonyl (C=O) groups excluding carboxylic acids is 7. The van der Waals surface area contributed by atoms with E-state index < -0.39 is 0 Å². The van der Waals surface area contributed by atoms with E-state index >= 15 is 0 Å². The van der Waals surface area contributed by atoms with Crippen LogP contribution in [0.4, 0.5) is 0 Å². The maximum absolute atomic E-state index is 12.3. The number of ether oxygens (including phenoxy) is 2. The Morgan fingerprint density at radius 2 is 0.702 bits per heavy atom. The quantitative estimate of drug-likeness (QED) is 0.106. The number of hydrogen-bond acceptors (Lipinski definition) is 9. The van der Waals surface area contributed by atoms with Crippen molar-refractivity contribution >= 4 is 41.5 Å². The lowest BCUT2D eigenvalue weighted by atomic mass is 9.54. The lowest BCUT2D eigenvalue weighted by Gasteiger charge is -2.57. The summed E-state index contributed by atoms with van der Waals surface area (Å²) in [7, 11) is 1.97. The number of esters is 2. The molecule has 25 rings (SSSR count). The monoisotopic (exact) mass is 1560 g/mol. The molecule has 0 aliphatic heterocycles. The number of amides is 5. The Bertz CT molecular complexity index is 3400. The SMILES string of the molecule is C=C(C)C(=O)N(CC)C1C2CC3CC(C2)CC1C3.C=C(C)C(=O)NC1C2CC3CC(C2)CC1C3.C=C(C)C(=O)OC1CC2CC1C1CCCCC21.C=CC(=O)N(C)C1C2CC3CC(C2)CC1C3.C=CC(=O)NC1C2CC3CC(C2)CC1C3.C=CC(=O)NC1CC2CC1C1CCCCC21.C=CC(=O)OC1CC2CC1C1CCCCC21. The van der Waals surface area contributed by atoms with Crippen molar-refractivity contribution in [3.63, 3.8) is 0 Å². The summed E-state index contributed by atoms with van der Waals surface area (Å²) in [4.78, 5) is 85.5. The molecule has 14 heteroatoms. The van der Waals surface area contributed by atoms with Gasteiger partial charge in [-0.05, 0) is 417 Å². The molecule has 114 heavy (non-hydrogen) atoms. The van der Waals surface area contributed by atoms with Crippen LogP contribution in [-0.4, -0.2) is 107 Å². The van der Waals surface area contributed by atoms with Crippen molar-refractivity contribution in [2.45, 2.75) is 314 Å². The molecule has 0 aromatic rings. The van der Waals surface area contributed by atoms with Gasteiger partial charge in [-0.3, -0.25) is 24.0 Å². The topological polar surface area (TPSA) is 181 Å². The van der Waals surface area contributed by atoms with Crippen molar-refractivity contribution in [3.05, 3.63) is 87.1 Å². The van der Waals surface area contributed by atoms with Gasteiger partial charge in [0.25, 0.3) is 0 Å². The highest BCUT2D eigenvalue weighted by Gasteiger charge is 2.59. The Labute approximate surface area is 686 Å². The van der Waals surface area contributed by atoms with Crippen molar-refractivity contribution < 1.29 is 43.0 Å². The second-order valence-electron chi connectivity index (χ2n) is 42.5. The van der Waals surface area contributed by atoms with E-state index in [2.05, 4.69) is 73.8 Å². The van der Waals surface area contributed by atoms with Gasteiger partial charge in [0.05, 0.1) is 0 Å². The lowest BCUT2D eigenvalue weighted by molar-refractivity contribution is -0.149. The van der Waals surface area contributed by atoms with Crippen LogP contribution < -0.4 is 16.0 Å². The van der Waals surface area contributed by atoms with Crippen LogP contribution >= 0.6 is 0 Å². The normalized spacial score (nSPS) is 44.2. The van der Waals surface area contributed by atoms with Gasteiger partial charge in [-0.15, -0.1) is 0 Å². The fourth-order valence-corrected chi connectivity index (χ4v) is 32.5. The fraction of sp³-hybridized carbons (Fsp3) is 0.790. The zero-order valence-electron chi connectivity index (χ0n) is 71.1. The molecule has 22 bridgehead atoms. The minimum atomic E-state index is -0.232. The van der Waals surface area contributed by atoms with Crippen LogP contribution in [0, 0.1) is 166 Å². The van der Waals surface area contributed by atoms with Gasteiger partial charge in [-0.25, -0.2) is 9.59 Å². The molecule has 3 N–H and O–H groups in total. The first-order valence-corrected chi connectivity index (χ1v) is 47.3. The van der Waals surface area contributed by atoms with Gasteiger partial charge in [-0.1, -0.05) is 84.6 Å². The number of nitrogens with zero attached hydrogens (tertiary/aromatic N) is 2. The highest BCUT2D eigenvalue weighted by Crippen LogP contribution is 2.63. The van der Waals surface area contributed by atoms with Gasteiger partial charge < -0.3 is 35.2 Å². The minimum absolute atomic E-state index is 0.0184. The zero-order chi connectivity index (χ0) is 80.1. The van der Waals surface area contributed by atoms with E-state index in [1.165, 1.54) is 255 Å². The van der Waals surface area contributed by atoms with Gasteiger partial charge >= 0.3 is 11.9 Å². The van der Waals surface area contributed by atoms with Crippen LogP contribution in [0.25, 0.3) is 0 Å². The smallest absolute Gasteiger partial charge is 0.333 e. The van der Waals surface area contributed by atoms with Gasteiger partial charge in [0.2, 0.25) is 29.5 Å². The molecule has 0 spiro atoms. The molecule has 0 aromatic heterocycles. The Balaban J connectivity index is 0.000000105. The molecule has 14 nitrogen and oxygen atoms in total. The molecule has 25 aliphatic carbocycles. The second-order valence-corrected chi connectivity index (χ2v) is 42.5. The average molecular weight is 1570 g/mol. The van der Waals surface area contributed by atoms with Crippen LogP contribution in [0.15, 0.2) is 87.1 Å². The van der Waals surface area contributed by atoms with E-state index in [0.717, 1.165) is 173 Å².